The van der Waals surface area contributed by atoms with Crippen molar-refractivity contribution in [1.29, 1.82) is 0 Å². The lowest BCUT2D eigenvalue weighted by atomic mass is 9.99. The van der Waals surface area contributed by atoms with Crippen LogP contribution in [0.1, 0.15) is 39.0 Å². The third-order valence-electron chi connectivity index (χ3n) is 3.85. The Labute approximate surface area is 108 Å². The number of hydrogen-bond acceptors (Lipinski definition) is 3. The first-order valence-electron chi connectivity index (χ1n) is 7.05. The molecule has 4 nitrogen and oxygen atoms in total. The summed E-state index contributed by atoms with van der Waals surface area (Å²) in [6, 6.07) is 2.18. The summed E-state index contributed by atoms with van der Waals surface area (Å²) in [5.41, 5.74) is 0.0565. The number of nitrogens with zero attached hydrogens (tertiary/aromatic N) is 2. The van der Waals surface area contributed by atoms with Gasteiger partial charge in [0, 0.05) is 24.8 Å². The zero-order valence-electron chi connectivity index (χ0n) is 11.1. The molecule has 1 heterocycles. The van der Waals surface area contributed by atoms with Crippen LogP contribution >= 0.6 is 0 Å². The number of nitrogens with one attached hydrogen (secondary N) is 1. The minimum absolute atomic E-state index is 0.0565. The normalized spacial score (nSPS) is 23.4. The lowest BCUT2D eigenvalue weighted by Gasteiger charge is -2.21. The smallest absolute Gasteiger partial charge is 0.253 e. The summed E-state index contributed by atoms with van der Waals surface area (Å²) < 4.78 is 1.72. The van der Waals surface area contributed by atoms with Crippen LogP contribution < -0.4 is 10.9 Å². The van der Waals surface area contributed by atoms with Gasteiger partial charge in [0.1, 0.15) is 0 Å². The van der Waals surface area contributed by atoms with E-state index >= 15 is 0 Å². The van der Waals surface area contributed by atoms with E-state index in [9.17, 15) is 4.79 Å². The van der Waals surface area contributed by atoms with Crippen LogP contribution in [0.15, 0.2) is 23.4 Å². The van der Waals surface area contributed by atoms with Gasteiger partial charge in [0.05, 0.1) is 6.33 Å². The second-order valence-corrected chi connectivity index (χ2v) is 5.15. The zero-order valence-corrected chi connectivity index (χ0v) is 11.1. The Morgan fingerprint density at radius 3 is 3.17 bits per heavy atom. The fourth-order valence-corrected chi connectivity index (χ4v) is 2.83. The van der Waals surface area contributed by atoms with Crippen LogP contribution in [0, 0.1) is 5.92 Å². The van der Waals surface area contributed by atoms with Crippen molar-refractivity contribution in [1.82, 2.24) is 14.9 Å². The highest BCUT2D eigenvalue weighted by molar-refractivity contribution is 4.85. The van der Waals surface area contributed by atoms with Gasteiger partial charge in [-0.3, -0.25) is 9.36 Å². The Balaban J connectivity index is 1.86. The van der Waals surface area contributed by atoms with Gasteiger partial charge in [0.2, 0.25) is 0 Å². The van der Waals surface area contributed by atoms with Crippen LogP contribution in [0.25, 0.3) is 0 Å². The first kappa shape index (κ1) is 13.3. The number of hydrogen-bond donors (Lipinski definition) is 1. The highest BCUT2D eigenvalue weighted by Gasteiger charge is 2.26. The molecular formula is C14H23N3O. The Morgan fingerprint density at radius 2 is 2.39 bits per heavy atom. The number of aryl methyl sites for hydroxylation is 1. The number of rotatable bonds is 6. The van der Waals surface area contributed by atoms with Crippen LogP contribution in [0.5, 0.6) is 0 Å². The van der Waals surface area contributed by atoms with Crippen LogP contribution in [0.4, 0.5) is 0 Å². The predicted molar refractivity (Wildman–Crippen MR) is 72.5 cm³/mol. The average molecular weight is 249 g/mol. The highest BCUT2D eigenvalue weighted by atomic mass is 16.1. The lowest BCUT2D eigenvalue weighted by molar-refractivity contribution is 0.359. The van der Waals surface area contributed by atoms with E-state index in [1.54, 1.807) is 17.1 Å². The van der Waals surface area contributed by atoms with Crippen molar-refractivity contribution in [2.45, 2.75) is 51.6 Å². The Morgan fingerprint density at radius 1 is 1.50 bits per heavy atom. The van der Waals surface area contributed by atoms with E-state index in [1.165, 1.54) is 31.7 Å². The Bertz CT molecular complexity index is 416. The van der Waals surface area contributed by atoms with E-state index in [1.807, 2.05) is 0 Å². The molecule has 4 heteroatoms. The molecule has 1 aromatic rings. The van der Waals surface area contributed by atoms with Gasteiger partial charge in [0.15, 0.2) is 0 Å². The van der Waals surface area contributed by atoms with Crippen molar-refractivity contribution >= 4 is 0 Å². The van der Waals surface area contributed by atoms with Gasteiger partial charge in [-0.15, -0.1) is 0 Å². The summed E-state index contributed by atoms with van der Waals surface area (Å²) >= 11 is 0. The van der Waals surface area contributed by atoms with E-state index < -0.39 is 0 Å². The molecule has 1 N–H and O–H groups in total. The zero-order chi connectivity index (χ0) is 12.8. The molecule has 0 bridgehead atoms. The maximum atomic E-state index is 11.6. The van der Waals surface area contributed by atoms with Gasteiger partial charge in [0.25, 0.3) is 5.56 Å². The van der Waals surface area contributed by atoms with Gasteiger partial charge in [-0.25, -0.2) is 4.98 Å². The van der Waals surface area contributed by atoms with Crippen molar-refractivity contribution in [3.05, 3.63) is 28.9 Å². The van der Waals surface area contributed by atoms with Gasteiger partial charge in [-0.05, 0) is 38.1 Å². The largest absolute Gasteiger partial charge is 0.314 e. The minimum Gasteiger partial charge on any atom is -0.314 e. The summed E-state index contributed by atoms with van der Waals surface area (Å²) in [5, 5.41) is 3.63. The third-order valence-corrected chi connectivity index (χ3v) is 3.85. The molecule has 0 radical (unpaired) electrons. The summed E-state index contributed by atoms with van der Waals surface area (Å²) in [6.07, 6.45) is 9.35. The van der Waals surface area contributed by atoms with Crippen molar-refractivity contribution in [2.75, 3.05) is 6.54 Å². The molecule has 0 spiro atoms. The van der Waals surface area contributed by atoms with Gasteiger partial charge < -0.3 is 5.32 Å². The average Bonchev–Trinajstić information content (AvgIpc) is 2.83. The molecular weight excluding hydrogens is 226 g/mol. The van der Waals surface area contributed by atoms with Crippen LogP contribution in [0.2, 0.25) is 0 Å². The highest BCUT2D eigenvalue weighted by Crippen LogP contribution is 2.28. The fourth-order valence-electron chi connectivity index (χ4n) is 2.83. The quantitative estimate of drug-likeness (QED) is 0.836. The van der Waals surface area contributed by atoms with E-state index in [-0.39, 0.29) is 5.56 Å². The second kappa shape index (κ2) is 6.69. The molecule has 1 saturated carbocycles. The summed E-state index contributed by atoms with van der Waals surface area (Å²) in [7, 11) is 0. The van der Waals surface area contributed by atoms with Gasteiger partial charge in [-0.2, -0.15) is 0 Å². The first-order chi connectivity index (χ1) is 8.81. The maximum absolute atomic E-state index is 11.6. The van der Waals surface area contributed by atoms with E-state index in [2.05, 4.69) is 17.2 Å². The second-order valence-electron chi connectivity index (χ2n) is 5.15. The fraction of sp³-hybridized carbons (Fsp3) is 0.714. The number of aromatic nitrogens is 2. The summed E-state index contributed by atoms with van der Waals surface area (Å²) in [5.74, 6) is 0.712. The van der Waals surface area contributed by atoms with Crippen LogP contribution in [-0.4, -0.2) is 22.1 Å². The predicted octanol–water partition coefficient (Wildman–Crippen LogP) is 1.80. The SMILES string of the molecule is CCCNC1CCCC1CCn1cnccc1=O. The van der Waals surface area contributed by atoms with Crippen molar-refractivity contribution in [2.24, 2.45) is 5.92 Å². The van der Waals surface area contributed by atoms with Gasteiger partial charge >= 0.3 is 0 Å². The van der Waals surface area contributed by atoms with Crippen molar-refractivity contribution < 1.29 is 0 Å². The molecule has 0 saturated heterocycles. The molecule has 100 valence electrons. The molecule has 1 aliphatic carbocycles. The van der Waals surface area contributed by atoms with E-state index in [0.29, 0.717) is 12.0 Å². The molecule has 0 aliphatic heterocycles. The molecule has 2 unspecified atom stereocenters. The van der Waals surface area contributed by atoms with Crippen LogP contribution in [0.3, 0.4) is 0 Å². The summed E-state index contributed by atoms with van der Waals surface area (Å²) in [6.45, 7) is 4.10. The van der Waals surface area contributed by atoms with E-state index in [0.717, 1.165) is 19.5 Å². The topological polar surface area (TPSA) is 46.9 Å². The van der Waals surface area contributed by atoms with E-state index in [4.69, 9.17) is 0 Å². The van der Waals surface area contributed by atoms with Gasteiger partial charge in [-0.1, -0.05) is 13.3 Å². The molecule has 1 aromatic heterocycles. The molecule has 0 amide bonds. The molecule has 1 aliphatic rings. The molecule has 2 rings (SSSR count). The molecule has 1 fully saturated rings. The minimum atomic E-state index is 0.0565. The summed E-state index contributed by atoms with van der Waals surface area (Å²) in [4.78, 5) is 15.6. The molecule has 0 aromatic carbocycles. The van der Waals surface area contributed by atoms with Crippen LogP contribution in [-0.2, 0) is 6.54 Å². The first-order valence-corrected chi connectivity index (χ1v) is 7.05. The molecule has 2 atom stereocenters. The Kier molecular flexibility index (Phi) is 4.93. The standard InChI is InChI=1S/C14H23N3O/c1-2-8-16-13-5-3-4-12(13)7-10-17-11-15-9-6-14(17)18/h6,9,11-13,16H,2-5,7-8,10H2,1H3. The third kappa shape index (κ3) is 3.42. The van der Waals surface area contributed by atoms with Crippen molar-refractivity contribution in [3.63, 3.8) is 0 Å². The molecule has 18 heavy (non-hydrogen) atoms. The van der Waals surface area contributed by atoms with Crippen molar-refractivity contribution in [3.8, 4) is 0 Å². The lowest BCUT2D eigenvalue weighted by Crippen LogP contribution is -2.34. The Hall–Kier alpha value is -1.16. The monoisotopic (exact) mass is 249 g/mol. The maximum Gasteiger partial charge on any atom is 0.253 e.